The SMILES string of the molecule is O=C(Cc1cccc(F)c1)NCC(=O)Nc1cccc(Cl)c1Cl. The molecule has 0 bridgehead atoms. The Kier molecular flexibility index (Phi) is 5.96. The minimum Gasteiger partial charge on any atom is -0.347 e. The fourth-order valence-corrected chi connectivity index (χ4v) is 2.22. The van der Waals surface area contributed by atoms with Crippen LogP contribution in [0.15, 0.2) is 42.5 Å². The second-order valence-electron chi connectivity index (χ2n) is 4.73. The van der Waals surface area contributed by atoms with Crippen LogP contribution >= 0.6 is 23.2 Å². The molecule has 2 N–H and O–H groups in total. The predicted molar refractivity (Wildman–Crippen MR) is 88.2 cm³/mol. The quantitative estimate of drug-likeness (QED) is 0.863. The molecule has 2 amide bonds. The van der Waals surface area contributed by atoms with E-state index in [0.717, 1.165) is 0 Å². The number of carbonyl (C=O) groups is 2. The van der Waals surface area contributed by atoms with Crippen molar-refractivity contribution in [2.24, 2.45) is 0 Å². The van der Waals surface area contributed by atoms with Crippen LogP contribution in [0.25, 0.3) is 0 Å². The Morgan fingerprint density at radius 1 is 1.04 bits per heavy atom. The van der Waals surface area contributed by atoms with Gasteiger partial charge in [-0.15, -0.1) is 0 Å². The number of anilines is 1. The molecule has 2 rings (SSSR count). The van der Waals surface area contributed by atoms with Gasteiger partial charge < -0.3 is 10.6 Å². The molecule has 0 radical (unpaired) electrons. The van der Waals surface area contributed by atoms with Gasteiger partial charge in [-0.25, -0.2) is 4.39 Å². The molecule has 0 atom stereocenters. The van der Waals surface area contributed by atoms with Gasteiger partial charge in [0.05, 0.1) is 28.7 Å². The lowest BCUT2D eigenvalue weighted by Crippen LogP contribution is -2.33. The van der Waals surface area contributed by atoms with Crippen molar-refractivity contribution in [3.63, 3.8) is 0 Å². The maximum absolute atomic E-state index is 13.0. The number of benzene rings is 2. The molecule has 0 saturated carbocycles. The summed E-state index contributed by atoms with van der Waals surface area (Å²) in [6.45, 7) is -0.225. The molecule has 0 saturated heterocycles. The summed E-state index contributed by atoms with van der Waals surface area (Å²) in [7, 11) is 0. The van der Waals surface area contributed by atoms with Gasteiger partial charge >= 0.3 is 0 Å². The van der Waals surface area contributed by atoms with Crippen LogP contribution in [0.4, 0.5) is 10.1 Å². The molecule has 0 unspecified atom stereocenters. The van der Waals surface area contributed by atoms with Crippen molar-refractivity contribution in [1.82, 2.24) is 5.32 Å². The lowest BCUT2D eigenvalue weighted by Gasteiger charge is -2.09. The molecule has 120 valence electrons. The number of halogens is 3. The minimum absolute atomic E-state index is 0.0110. The van der Waals surface area contributed by atoms with E-state index in [1.807, 2.05) is 0 Å². The third kappa shape index (κ3) is 5.23. The molecular formula is C16H13Cl2FN2O2. The van der Waals surface area contributed by atoms with Crippen molar-refractivity contribution in [3.8, 4) is 0 Å². The van der Waals surface area contributed by atoms with Gasteiger partial charge in [0, 0.05) is 0 Å². The lowest BCUT2D eigenvalue weighted by atomic mass is 10.1. The van der Waals surface area contributed by atoms with E-state index in [4.69, 9.17) is 23.2 Å². The van der Waals surface area contributed by atoms with Crippen molar-refractivity contribution in [1.29, 1.82) is 0 Å². The predicted octanol–water partition coefficient (Wildman–Crippen LogP) is 3.43. The summed E-state index contributed by atoms with van der Waals surface area (Å²) in [6, 6.07) is 10.6. The summed E-state index contributed by atoms with van der Waals surface area (Å²) in [4.78, 5) is 23.5. The van der Waals surface area contributed by atoms with Crippen molar-refractivity contribution in [2.75, 3.05) is 11.9 Å². The largest absolute Gasteiger partial charge is 0.347 e. The van der Waals surface area contributed by atoms with Gasteiger partial charge in [0.1, 0.15) is 5.82 Å². The fraction of sp³-hybridized carbons (Fsp3) is 0.125. The lowest BCUT2D eigenvalue weighted by molar-refractivity contribution is -0.123. The molecule has 7 heteroatoms. The van der Waals surface area contributed by atoms with E-state index >= 15 is 0 Å². The molecule has 0 spiro atoms. The highest BCUT2D eigenvalue weighted by atomic mass is 35.5. The van der Waals surface area contributed by atoms with E-state index in [1.165, 1.54) is 18.2 Å². The van der Waals surface area contributed by atoms with E-state index in [1.54, 1.807) is 24.3 Å². The summed E-state index contributed by atoms with van der Waals surface area (Å²) in [5, 5.41) is 5.55. The first kappa shape index (κ1) is 17.2. The summed E-state index contributed by atoms with van der Waals surface area (Å²) in [6.07, 6.45) is -0.0110. The van der Waals surface area contributed by atoms with E-state index in [2.05, 4.69) is 10.6 Å². The summed E-state index contributed by atoms with van der Waals surface area (Å²) in [5.41, 5.74) is 0.893. The average Bonchev–Trinajstić information content (AvgIpc) is 2.50. The van der Waals surface area contributed by atoms with Crippen LogP contribution in [0.3, 0.4) is 0 Å². The molecule has 2 aromatic rings. The van der Waals surface area contributed by atoms with E-state index in [9.17, 15) is 14.0 Å². The monoisotopic (exact) mass is 354 g/mol. The van der Waals surface area contributed by atoms with E-state index < -0.39 is 11.7 Å². The van der Waals surface area contributed by atoms with Gasteiger partial charge in [-0.3, -0.25) is 9.59 Å². The molecule has 0 aliphatic carbocycles. The van der Waals surface area contributed by atoms with Gasteiger partial charge in [-0.1, -0.05) is 41.4 Å². The van der Waals surface area contributed by atoms with Gasteiger partial charge in [0.25, 0.3) is 0 Å². The van der Waals surface area contributed by atoms with E-state index in [-0.39, 0.29) is 23.9 Å². The Balaban J connectivity index is 1.84. The Morgan fingerprint density at radius 2 is 1.78 bits per heavy atom. The zero-order valence-electron chi connectivity index (χ0n) is 11.9. The molecule has 23 heavy (non-hydrogen) atoms. The number of hydrogen-bond acceptors (Lipinski definition) is 2. The molecule has 0 heterocycles. The van der Waals surface area contributed by atoms with Crippen molar-refractivity contribution in [2.45, 2.75) is 6.42 Å². The minimum atomic E-state index is -0.443. The smallest absolute Gasteiger partial charge is 0.243 e. The molecule has 4 nitrogen and oxygen atoms in total. The molecular weight excluding hydrogens is 342 g/mol. The number of hydrogen-bond donors (Lipinski definition) is 2. The van der Waals surface area contributed by atoms with Crippen LogP contribution in [0, 0.1) is 5.82 Å². The maximum atomic E-state index is 13.0. The average molecular weight is 355 g/mol. The Hall–Kier alpha value is -2.11. The highest BCUT2D eigenvalue weighted by Gasteiger charge is 2.10. The van der Waals surface area contributed by atoms with Crippen LogP contribution in [-0.2, 0) is 16.0 Å². The van der Waals surface area contributed by atoms with Crippen LogP contribution < -0.4 is 10.6 Å². The Morgan fingerprint density at radius 3 is 2.52 bits per heavy atom. The molecule has 0 aromatic heterocycles. The highest BCUT2D eigenvalue weighted by Crippen LogP contribution is 2.29. The second kappa shape index (κ2) is 7.94. The first-order valence-electron chi connectivity index (χ1n) is 6.70. The highest BCUT2D eigenvalue weighted by molar-refractivity contribution is 6.44. The number of amides is 2. The third-order valence-corrected chi connectivity index (χ3v) is 3.74. The summed E-state index contributed by atoms with van der Waals surface area (Å²) in [5.74, 6) is -1.24. The zero-order valence-corrected chi connectivity index (χ0v) is 13.4. The van der Waals surface area contributed by atoms with Crippen molar-refractivity contribution < 1.29 is 14.0 Å². The Bertz CT molecular complexity index is 738. The molecule has 0 aliphatic rings. The van der Waals surface area contributed by atoms with Crippen LogP contribution in [0.2, 0.25) is 10.0 Å². The molecule has 0 fully saturated rings. The Labute approximate surface area is 142 Å². The fourth-order valence-electron chi connectivity index (χ4n) is 1.87. The number of rotatable bonds is 5. The van der Waals surface area contributed by atoms with Gasteiger partial charge in [0.15, 0.2) is 0 Å². The van der Waals surface area contributed by atoms with Crippen LogP contribution in [0.5, 0.6) is 0 Å². The topological polar surface area (TPSA) is 58.2 Å². The molecule has 2 aromatic carbocycles. The standard InChI is InChI=1S/C16H13Cl2FN2O2/c17-12-5-2-6-13(16(12)18)21-15(23)9-20-14(22)8-10-3-1-4-11(19)7-10/h1-7H,8-9H2,(H,20,22)(H,21,23). The van der Waals surface area contributed by atoms with Gasteiger partial charge in [0.2, 0.25) is 11.8 Å². The van der Waals surface area contributed by atoms with E-state index in [0.29, 0.717) is 16.3 Å². The first-order valence-corrected chi connectivity index (χ1v) is 7.46. The number of nitrogens with one attached hydrogen (secondary N) is 2. The van der Waals surface area contributed by atoms with Crippen LogP contribution in [-0.4, -0.2) is 18.4 Å². The van der Waals surface area contributed by atoms with Crippen molar-refractivity contribution in [3.05, 3.63) is 63.9 Å². The van der Waals surface area contributed by atoms with Gasteiger partial charge in [-0.05, 0) is 29.8 Å². The second-order valence-corrected chi connectivity index (χ2v) is 5.52. The normalized spacial score (nSPS) is 10.2. The summed E-state index contributed by atoms with van der Waals surface area (Å²) < 4.78 is 13.0. The summed E-state index contributed by atoms with van der Waals surface area (Å²) >= 11 is 11.8. The van der Waals surface area contributed by atoms with Crippen LogP contribution in [0.1, 0.15) is 5.56 Å². The molecule has 0 aliphatic heterocycles. The van der Waals surface area contributed by atoms with Crippen molar-refractivity contribution >= 4 is 40.7 Å². The first-order chi connectivity index (χ1) is 11.0. The van der Waals surface area contributed by atoms with Gasteiger partial charge in [-0.2, -0.15) is 0 Å². The number of carbonyl (C=O) groups excluding carboxylic acids is 2. The third-order valence-electron chi connectivity index (χ3n) is 2.93. The maximum Gasteiger partial charge on any atom is 0.243 e. The zero-order chi connectivity index (χ0) is 16.8.